The summed E-state index contributed by atoms with van der Waals surface area (Å²) in [6.07, 6.45) is 0. The van der Waals surface area contributed by atoms with Crippen LogP contribution < -0.4 is 14.8 Å². The quantitative estimate of drug-likeness (QED) is 0.624. The van der Waals surface area contributed by atoms with Crippen molar-refractivity contribution in [3.63, 3.8) is 0 Å². The SMILES string of the molecule is CC(=O)Nc1ccc(S(=O)(=O)N[C@H](C)C(=O)N(C)CCOc2ccccc2F)cc1. The van der Waals surface area contributed by atoms with Crippen molar-refractivity contribution in [2.24, 2.45) is 0 Å². The van der Waals surface area contributed by atoms with Crippen LogP contribution in [0.3, 0.4) is 0 Å². The van der Waals surface area contributed by atoms with E-state index in [1.54, 1.807) is 12.1 Å². The molecular formula is C20H24FN3O5S. The van der Waals surface area contributed by atoms with E-state index in [2.05, 4.69) is 10.0 Å². The van der Waals surface area contributed by atoms with Crippen molar-refractivity contribution in [3.8, 4) is 5.75 Å². The summed E-state index contributed by atoms with van der Waals surface area (Å²) < 4.78 is 46.2. The molecule has 162 valence electrons. The molecule has 2 rings (SSSR count). The molecule has 30 heavy (non-hydrogen) atoms. The van der Waals surface area contributed by atoms with Crippen molar-refractivity contribution < 1.29 is 27.1 Å². The van der Waals surface area contributed by atoms with E-state index in [0.29, 0.717) is 5.69 Å². The number of benzene rings is 2. The summed E-state index contributed by atoms with van der Waals surface area (Å²) in [4.78, 5) is 24.8. The molecule has 2 aromatic rings. The molecule has 2 N–H and O–H groups in total. The lowest BCUT2D eigenvalue weighted by molar-refractivity contribution is -0.131. The standard InChI is InChI=1S/C20H24FN3O5S/c1-14(20(26)24(3)12-13-29-19-7-5-4-6-18(19)21)23-30(27,28)17-10-8-16(9-11-17)22-15(2)25/h4-11,14,23H,12-13H2,1-3H3,(H,22,25)/t14-/m1/s1. The van der Waals surface area contributed by atoms with Crippen LogP contribution in [-0.2, 0) is 19.6 Å². The monoisotopic (exact) mass is 437 g/mol. The zero-order valence-corrected chi connectivity index (χ0v) is 17.7. The van der Waals surface area contributed by atoms with Crippen molar-refractivity contribution in [1.29, 1.82) is 0 Å². The average Bonchev–Trinajstić information content (AvgIpc) is 2.68. The van der Waals surface area contributed by atoms with Crippen LogP contribution >= 0.6 is 0 Å². The Kier molecular flexibility index (Phi) is 7.90. The van der Waals surface area contributed by atoms with Gasteiger partial charge in [0.1, 0.15) is 6.61 Å². The molecule has 2 amide bonds. The Hall–Kier alpha value is -2.98. The van der Waals surface area contributed by atoms with Gasteiger partial charge in [-0.25, -0.2) is 12.8 Å². The highest BCUT2D eigenvalue weighted by atomic mass is 32.2. The fourth-order valence-electron chi connectivity index (χ4n) is 2.57. The number of rotatable bonds is 9. The maximum absolute atomic E-state index is 13.5. The van der Waals surface area contributed by atoms with E-state index in [0.717, 1.165) is 0 Å². The molecule has 0 aliphatic carbocycles. The van der Waals surface area contributed by atoms with Crippen molar-refractivity contribution in [3.05, 3.63) is 54.3 Å². The number of para-hydroxylation sites is 1. The Labute approximate surface area is 175 Å². The molecule has 0 saturated heterocycles. The smallest absolute Gasteiger partial charge is 0.241 e. The highest BCUT2D eigenvalue weighted by molar-refractivity contribution is 7.89. The lowest BCUT2D eigenvalue weighted by atomic mass is 10.3. The Balaban J connectivity index is 1.91. The summed E-state index contributed by atoms with van der Waals surface area (Å²) in [6.45, 7) is 2.97. The van der Waals surface area contributed by atoms with Crippen LogP contribution in [0.15, 0.2) is 53.4 Å². The van der Waals surface area contributed by atoms with E-state index in [4.69, 9.17) is 4.74 Å². The number of hydrogen-bond acceptors (Lipinski definition) is 5. The second-order valence-electron chi connectivity index (χ2n) is 6.59. The summed E-state index contributed by atoms with van der Waals surface area (Å²) in [5.41, 5.74) is 0.458. The first-order valence-corrected chi connectivity index (χ1v) is 10.6. The Bertz CT molecular complexity index is 996. The summed E-state index contributed by atoms with van der Waals surface area (Å²) >= 11 is 0. The van der Waals surface area contributed by atoms with Crippen LogP contribution in [0.2, 0.25) is 0 Å². The number of nitrogens with zero attached hydrogens (tertiary/aromatic N) is 1. The van der Waals surface area contributed by atoms with Crippen LogP contribution in [0, 0.1) is 5.82 Å². The van der Waals surface area contributed by atoms with Crippen molar-refractivity contribution >= 4 is 27.5 Å². The van der Waals surface area contributed by atoms with E-state index >= 15 is 0 Å². The Morgan fingerprint density at radius 2 is 1.77 bits per heavy atom. The van der Waals surface area contributed by atoms with Gasteiger partial charge in [0.25, 0.3) is 0 Å². The zero-order chi connectivity index (χ0) is 22.3. The van der Waals surface area contributed by atoms with Crippen molar-refractivity contribution in [2.75, 3.05) is 25.5 Å². The normalized spacial score (nSPS) is 12.1. The van der Waals surface area contributed by atoms with Gasteiger partial charge in [0, 0.05) is 19.7 Å². The lowest BCUT2D eigenvalue weighted by Crippen LogP contribution is -2.46. The second kappa shape index (κ2) is 10.2. The average molecular weight is 437 g/mol. The number of hydrogen-bond donors (Lipinski definition) is 2. The molecule has 10 heteroatoms. The fraction of sp³-hybridized carbons (Fsp3) is 0.300. The second-order valence-corrected chi connectivity index (χ2v) is 8.30. The molecular weight excluding hydrogens is 413 g/mol. The van der Waals surface area contributed by atoms with Gasteiger partial charge in [-0.2, -0.15) is 4.72 Å². The molecule has 0 aliphatic heterocycles. The first-order valence-electron chi connectivity index (χ1n) is 9.12. The van der Waals surface area contributed by atoms with E-state index in [1.165, 1.54) is 62.2 Å². The molecule has 0 saturated carbocycles. The largest absolute Gasteiger partial charge is 0.489 e. The summed E-state index contributed by atoms with van der Waals surface area (Å²) in [5.74, 6) is -1.16. The Morgan fingerprint density at radius 3 is 2.37 bits per heavy atom. The van der Waals surface area contributed by atoms with Crippen LogP contribution in [0.5, 0.6) is 5.75 Å². The van der Waals surface area contributed by atoms with Crippen molar-refractivity contribution in [2.45, 2.75) is 24.8 Å². The van der Waals surface area contributed by atoms with Crippen LogP contribution in [0.1, 0.15) is 13.8 Å². The van der Waals surface area contributed by atoms with Crippen molar-refractivity contribution in [1.82, 2.24) is 9.62 Å². The third-order valence-corrected chi connectivity index (χ3v) is 5.64. The number of anilines is 1. The van der Waals surface area contributed by atoms with Gasteiger partial charge in [-0.3, -0.25) is 9.59 Å². The minimum atomic E-state index is -3.94. The van der Waals surface area contributed by atoms with E-state index < -0.39 is 27.8 Å². The molecule has 0 unspecified atom stereocenters. The molecule has 1 atom stereocenters. The fourth-order valence-corrected chi connectivity index (χ4v) is 3.76. The highest BCUT2D eigenvalue weighted by Crippen LogP contribution is 2.16. The number of likely N-dealkylation sites (N-methyl/N-ethyl adjacent to an activating group) is 1. The molecule has 0 fully saturated rings. The van der Waals surface area contributed by atoms with Gasteiger partial charge >= 0.3 is 0 Å². The van der Waals surface area contributed by atoms with Crippen LogP contribution in [0.4, 0.5) is 10.1 Å². The number of ether oxygens (including phenoxy) is 1. The van der Waals surface area contributed by atoms with Gasteiger partial charge in [0.2, 0.25) is 21.8 Å². The molecule has 8 nitrogen and oxygen atoms in total. The van der Waals surface area contributed by atoms with Gasteiger partial charge in [-0.05, 0) is 43.3 Å². The maximum atomic E-state index is 13.5. The Morgan fingerprint density at radius 1 is 1.13 bits per heavy atom. The molecule has 0 aromatic heterocycles. The third kappa shape index (κ3) is 6.53. The van der Waals surface area contributed by atoms with Gasteiger partial charge in [-0.1, -0.05) is 12.1 Å². The molecule has 0 heterocycles. The number of carbonyl (C=O) groups excluding carboxylic acids is 2. The highest BCUT2D eigenvalue weighted by Gasteiger charge is 2.24. The van der Waals surface area contributed by atoms with Crippen LogP contribution in [0.25, 0.3) is 0 Å². The summed E-state index contributed by atoms with van der Waals surface area (Å²) in [5, 5.41) is 2.54. The van der Waals surface area contributed by atoms with E-state index in [9.17, 15) is 22.4 Å². The van der Waals surface area contributed by atoms with Gasteiger partial charge in [0.05, 0.1) is 17.5 Å². The zero-order valence-electron chi connectivity index (χ0n) is 16.9. The summed E-state index contributed by atoms with van der Waals surface area (Å²) in [7, 11) is -2.44. The number of nitrogens with one attached hydrogen (secondary N) is 2. The lowest BCUT2D eigenvalue weighted by Gasteiger charge is -2.22. The molecule has 0 spiro atoms. The maximum Gasteiger partial charge on any atom is 0.241 e. The predicted octanol–water partition coefficient (Wildman–Crippen LogP) is 1.99. The van der Waals surface area contributed by atoms with E-state index in [1.807, 2.05) is 0 Å². The molecule has 0 aliphatic rings. The molecule has 0 radical (unpaired) electrons. The first-order chi connectivity index (χ1) is 14.1. The van der Waals surface area contributed by atoms with Crippen LogP contribution in [-0.4, -0.2) is 51.4 Å². The minimum absolute atomic E-state index is 0.0400. The van der Waals surface area contributed by atoms with E-state index in [-0.39, 0.29) is 29.7 Å². The van der Waals surface area contributed by atoms with Gasteiger partial charge in [0.15, 0.2) is 11.6 Å². The number of carbonyl (C=O) groups is 2. The van der Waals surface area contributed by atoms with Gasteiger partial charge < -0.3 is 15.0 Å². The minimum Gasteiger partial charge on any atom is -0.489 e. The number of sulfonamides is 1. The third-order valence-electron chi connectivity index (χ3n) is 4.08. The number of amides is 2. The molecule has 2 aromatic carbocycles. The predicted molar refractivity (Wildman–Crippen MR) is 110 cm³/mol. The number of halogens is 1. The first kappa shape index (κ1) is 23.3. The molecule has 0 bridgehead atoms. The van der Waals surface area contributed by atoms with Gasteiger partial charge in [-0.15, -0.1) is 0 Å². The topological polar surface area (TPSA) is 105 Å². The summed E-state index contributed by atoms with van der Waals surface area (Å²) in [6, 6.07) is 10.5.